The molecule has 0 saturated heterocycles. The second-order valence-corrected chi connectivity index (χ2v) is 5.00. The lowest BCUT2D eigenvalue weighted by molar-refractivity contribution is 0.0993. The number of rotatable bonds is 3. The molecule has 1 aromatic heterocycles. The van der Waals surface area contributed by atoms with E-state index in [1.54, 1.807) is 31.2 Å². The zero-order chi connectivity index (χ0) is 14.0. The summed E-state index contributed by atoms with van der Waals surface area (Å²) < 4.78 is 5.38. The van der Waals surface area contributed by atoms with Crippen LogP contribution in [0.1, 0.15) is 41.9 Å². The number of aromatic nitrogens is 1. The summed E-state index contributed by atoms with van der Waals surface area (Å²) in [4.78, 5) is 16.4. The van der Waals surface area contributed by atoms with E-state index in [-0.39, 0.29) is 17.6 Å². The Hall–Kier alpha value is -1.81. The summed E-state index contributed by atoms with van der Waals surface area (Å²) in [6.07, 6.45) is 0. The Kier molecular flexibility index (Phi) is 3.90. The molecule has 0 radical (unpaired) electrons. The summed E-state index contributed by atoms with van der Waals surface area (Å²) >= 11 is 5.87. The monoisotopic (exact) mass is 278 g/mol. The van der Waals surface area contributed by atoms with Gasteiger partial charge in [0.1, 0.15) is 0 Å². The molecule has 0 spiro atoms. The van der Waals surface area contributed by atoms with Crippen molar-refractivity contribution in [2.45, 2.75) is 26.7 Å². The fourth-order valence-corrected chi connectivity index (χ4v) is 1.94. The molecule has 5 heteroatoms. The fraction of sp³-hybridized carbons (Fsp3) is 0.286. The maximum atomic E-state index is 12.2. The summed E-state index contributed by atoms with van der Waals surface area (Å²) in [5.74, 6) is 0.552. The molecule has 0 saturated carbocycles. The molecule has 1 amide bonds. The second kappa shape index (κ2) is 5.45. The van der Waals surface area contributed by atoms with E-state index in [1.807, 2.05) is 13.8 Å². The Morgan fingerprint density at radius 2 is 2.16 bits per heavy atom. The van der Waals surface area contributed by atoms with Crippen LogP contribution in [0.3, 0.4) is 0 Å². The van der Waals surface area contributed by atoms with Crippen molar-refractivity contribution < 1.29 is 9.21 Å². The number of carbonyl (C=O) groups is 1. The number of hydrogen-bond donors (Lipinski definition) is 1. The summed E-state index contributed by atoms with van der Waals surface area (Å²) in [6, 6.07) is 6.96. The number of carbonyl (C=O) groups excluding carboxylic acids is 1. The van der Waals surface area contributed by atoms with Crippen LogP contribution in [0.15, 0.2) is 28.7 Å². The number of hydrogen-bond acceptors (Lipinski definition) is 3. The minimum Gasteiger partial charge on any atom is -0.436 e. The van der Waals surface area contributed by atoms with Gasteiger partial charge in [-0.2, -0.15) is 0 Å². The van der Waals surface area contributed by atoms with Crippen molar-refractivity contribution in [2.24, 2.45) is 0 Å². The lowest BCUT2D eigenvalue weighted by Gasteiger charge is -2.06. The number of halogens is 1. The third-order valence-corrected chi connectivity index (χ3v) is 2.83. The first-order chi connectivity index (χ1) is 8.97. The number of oxazole rings is 1. The smallest absolute Gasteiger partial charge is 0.293 e. The largest absolute Gasteiger partial charge is 0.436 e. The Bertz CT molecular complexity index is 605. The molecule has 2 aromatic rings. The number of nitrogens with zero attached hydrogens (tertiary/aromatic N) is 1. The van der Waals surface area contributed by atoms with Crippen LogP contribution in [0.5, 0.6) is 0 Å². The maximum absolute atomic E-state index is 12.2. The molecule has 1 N–H and O–H groups in total. The third-order valence-electron chi connectivity index (χ3n) is 2.60. The highest BCUT2D eigenvalue weighted by atomic mass is 35.5. The first kappa shape index (κ1) is 13.6. The standard InChI is InChI=1S/C14H15ClN2O2/c1-8(2)12-13(19-9(3)16-12)14(18)17-11-6-4-5-10(15)7-11/h4-8H,1-3H3,(H,17,18). The van der Waals surface area contributed by atoms with Crippen molar-refractivity contribution in [2.75, 3.05) is 5.32 Å². The molecule has 0 aliphatic rings. The van der Waals surface area contributed by atoms with Crippen molar-refractivity contribution in [3.63, 3.8) is 0 Å². The van der Waals surface area contributed by atoms with E-state index in [0.29, 0.717) is 22.3 Å². The zero-order valence-electron chi connectivity index (χ0n) is 11.0. The molecule has 1 aromatic carbocycles. The van der Waals surface area contributed by atoms with Gasteiger partial charge in [0, 0.05) is 17.6 Å². The van der Waals surface area contributed by atoms with E-state index in [0.717, 1.165) is 0 Å². The highest BCUT2D eigenvalue weighted by Crippen LogP contribution is 2.22. The van der Waals surface area contributed by atoms with Gasteiger partial charge in [0.25, 0.3) is 5.91 Å². The number of anilines is 1. The van der Waals surface area contributed by atoms with E-state index in [9.17, 15) is 4.79 Å². The molecule has 0 unspecified atom stereocenters. The van der Waals surface area contributed by atoms with E-state index < -0.39 is 0 Å². The first-order valence-electron chi connectivity index (χ1n) is 6.01. The molecule has 0 fully saturated rings. The van der Waals surface area contributed by atoms with E-state index >= 15 is 0 Å². The van der Waals surface area contributed by atoms with Gasteiger partial charge in [0.05, 0.1) is 5.69 Å². The van der Waals surface area contributed by atoms with Gasteiger partial charge >= 0.3 is 0 Å². The average Bonchev–Trinajstić information content (AvgIpc) is 2.71. The summed E-state index contributed by atoms with van der Waals surface area (Å²) in [5, 5.41) is 3.32. The Morgan fingerprint density at radius 1 is 1.42 bits per heavy atom. The lowest BCUT2D eigenvalue weighted by Crippen LogP contribution is -2.13. The highest BCUT2D eigenvalue weighted by molar-refractivity contribution is 6.30. The van der Waals surface area contributed by atoms with Gasteiger partial charge in [-0.1, -0.05) is 31.5 Å². The minimum absolute atomic E-state index is 0.123. The van der Waals surface area contributed by atoms with Gasteiger partial charge in [-0.25, -0.2) is 4.98 Å². The van der Waals surface area contributed by atoms with Crippen molar-refractivity contribution in [3.05, 3.63) is 46.6 Å². The summed E-state index contributed by atoms with van der Waals surface area (Å²) in [7, 11) is 0. The predicted octanol–water partition coefficient (Wildman–Crippen LogP) is 4.01. The van der Waals surface area contributed by atoms with Crippen LogP contribution in [0.4, 0.5) is 5.69 Å². The Labute approximate surface area is 116 Å². The van der Waals surface area contributed by atoms with Crippen molar-refractivity contribution in [3.8, 4) is 0 Å². The van der Waals surface area contributed by atoms with Crippen LogP contribution in [-0.2, 0) is 0 Å². The molecule has 0 aliphatic carbocycles. The van der Waals surface area contributed by atoms with Crippen LogP contribution in [0, 0.1) is 6.92 Å². The van der Waals surface area contributed by atoms with Crippen LogP contribution in [0.25, 0.3) is 0 Å². The minimum atomic E-state index is -0.313. The normalized spacial score (nSPS) is 10.8. The Morgan fingerprint density at radius 3 is 2.79 bits per heavy atom. The zero-order valence-corrected chi connectivity index (χ0v) is 11.8. The average molecular weight is 279 g/mol. The molecule has 0 bridgehead atoms. The number of aryl methyl sites for hydroxylation is 1. The predicted molar refractivity (Wildman–Crippen MR) is 74.7 cm³/mol. The molecule has 0 atom stereocenters. The van der Waals surface area contributed by atoms with Crippen molar-refractivity contribution >= 4 is 23.2 Å². The van der Waals surface area contributed by atoms with E-state index in [4.69, 9.17) is 16.0 Å². The number of nitrogens with one attached hydrogen (secondary N) is 1. The van der Waals surface area contributed by atoms with Crippen molar-refractivity contribution in [1.82, 2.24) is 4.98 Å². The van der Waals surface area contributed by atoms with Gasteiger partial charge in [-0.05, 0) is 24.1 Å². The maximum Gasteiger partial charge on any atom is 0.293 e. The van der Waals surface area contributed by atoms with Gasteiger partial charge < -0.3 is 9.73 Å². The van der Waals surface area contributed by atoms with E-state index in [2.05, 4.69) is 10.3 Å². The molecule has 4 nitrogen and oxygen atoms in total. The molecule has 1 heterocycles. The van der Waals surface area contributed by atoms with Gasteiger partial charge in [-0.3, -0.25) is 4.79 Å². The van der Waals surface area contributed by atoms with Crippen molar-refractivity contribution in [1.29, 1.82) is 0 Å². The molecular formula is C14H15ClN2O2. The third kappa shape index (κ3) is 3.15. The Balaban J connectivity index is 2.25. The molecule has 19 heavy (non-hydrogen) atoms. The van der Waals surface area contributed by atoms with Gasteiger partial charge in [-0.15, -0.1) is 0 Å². The summed E-state index contributed by atoms with van der Waals surface area (Å²) in [5.41, 5.74) is 1.29. The topological polar surface area (TPSA) is 55.1 Å². The number of amides is 1. The molecule has 100 valence electrons. The van der Waals surface area contributed by atoms with Crippen LogP contribution < -0.4 is 5.32 Å². The van der Waals surface area contributed by atoms with Crippen LogP contribution in [0.2, 0.25) is 5.02 Å². The number of benzene rings is 1. The highest BCUT2D eigenvalue weighted by Gasteiger charge is 2.21. The van der Waals surface area contributed by atoms with Gasteiger partial charge in [0.2, 0.25) is 5.76 Å². The SMILES string of the molecule is Cc1nc(C(C)C)c(C(=O)Nc2cccc(Cl)c2)o1. The van der Waals surface area contributed by atoms with Crippen LogP contribution >= 0.6 is 11.6 Å². The lowest BCUT2D eigenvalue weighted by atomic mass is 10.1. The quantitative estimate of drug-likeness (QED) is 0.923. The summed E-state index contributed by atoms with van der Waals surface area (Å²) in [6.45, 7) is 5.66. The van der Waals surface area contributed by atoms with E-state index in [1.165, 1.54) is 0 Å². The first-order valence-corrected chi connectivity index (χ1v) is 6.39. The molecule has 2 rings (SSSR count). The molecule has 0 aliphatic heterocycles. The molecular weight excluding hydrogens is 264 g/mol. The van der Waals surface area contributed by atoms with Gasteiger partial charge in [0.15, 0.2) is 5.89 Å². The second-order valence-electron chi connectivity index (χ2n) is 4.57. The fourth-order valence-electron chi connectivity index (χ4n) is 1.75. The van der Waals surface area contributed by atoms with Crippen LogP contribution in [-0.4, -0.2) is 10.9 Å².